The number of aromatic nitrogens is 3. The van der Waals surface area contributed by atoms with Crippen molar-refractivity contribution in [3.8, 4) is 11.5 Å². The second-order valence-electron chi connectivity index (χ2n) is 6.67. The van der Waals surface area contributed by atoms with Crippen molar-refractivity contribution in [2.45, 2.75) is 13.0 Å². The van der Waals surface area contributed by atoms with Gasteiger partial charge >= 0.3 is 0 Å². The van der Waals surface area contributed by atoms with E-state index in [9.17, 15) is 4.79 Å². The molecule has 0 aliphatic carbocycles. The van der Waals surface area contributed by atoms with E-state index in [1.54, 1.807) is 36.7 Å². The fourth-order valence-corrected chi connectivity index (χ4v) is 2.93. The van der Waals surface area contributed by atoms with Gasteiger partial charge in [0.1, 0.15) is 0 Å². The Hall–Kier alpha value is -3.68. The molecule has 0 unspecified atom stereocenters. The number of ether oxygens (including phenoxy) is 2. The molecule has 2 aromatic heterocycles. The third-order valence-electron chi connectivity index (χ3n) is 4.62. The minimum absolute atomic E-state index is 0.110. The van der Waals surface area contributed by atoms with E-state index in [0.29, 0.717) is 24.6 Å². The van der Waals surface area contributed by atoms with Crippen LogP contribution in [-0.4, -0.2) is 46.1 Å². The molecule has 29 heavy (non-hydrogen) atoms. The molecule has 1 aliphatic rings. The molecule has 3 aromatic rings. The van der Waals surface area contributed by atoms with Crippen LogP contribution in [0.4, 0.5) is 5.95 Å². The number of benzene rings is 1. The second-order valence-corrected chi connectivity index (χ2v) is 6.67. The second kappa shape index (κ2) is 8.55. The smallest absolute Gasteiger partial charge is 0.256 e. The van der Waals surface area contributed by atoms with Crippen molar-refractivity contribution in [1.82, 2.24) is 19.9 Å². The first-order chi connectivity index (χ1) is 14.2. The van der Waals surface area contributed by atoms with Crippen molar-refractivity contribution in [1.29, 1.82) is 0 Å². The van der Waals surface area contributed by atoms with Crippen LogP contribution >= 0.6 is 0 Å². The van der Waals surface area contributed by atoms with E-state index in [1.165, 1.54) is 0 Å². The first-order valence-electron chi connectivity index (χ1n) is 9.28. The summed E-state index contributed by atoms with van der Waals surface area (Å²) in [5.74, 6) is 1.84. The lowest BCUT2D eigenvalue weighted by atomic mass is 10.2. The Labute approximate surface area is 168 Å². The molecule has 0 radical (unpaired) electrons. The monoisotopic (exact) mass is 391 g/mol. The Morgan fingerprint density at radius 1 is 1.07 bits per heavy atom. The van der Waals surface area contributed by atoms with Gasteiger partial charge in [-0.05, 0) is 41.8 Å². The molecule has 3 heterocycles. The van der Waals surface area contributed by atoms with E-state index in [4.69, 9.17) is 9.47 Å². The topological polar surface area (TPSA) is 89.5 Å². The molecule has 1 aromatic carbocycles. The first-order valence-corrected chi connectivity index (χ1v) is 9.28. The molecule has 8 heteroatoms. The number of carbonyl (C=O) groups excluding carboxylic acids is 1. The van der Waals surface area contributed by atoms with Crippen LogP contribution in [-0.2, 0) is 13.0 Å². The maximum absolute atomic E-state index is 12.6. The van der Waals surface area contributed by atoms with Crippen molar-refractivity contribution >= 4 is 11.9 Å². The maximum Gasteiger partial charge on any atom is 0.256 e. The molecule has 0 bridgehead atoms. The van der Waals surface area contributed by atoms with Crippen LogP contribution in [0.5, 0.6) is 11.5 Å². The molecule has 0 saturated carbocycles. The standard InChI is InChI=1S/C21H21N5O3/c1-26(9-6-15-4-7-22-8-5-15)20(27)17-12-24-21(25-13-17)23-11-16-2-3-18-19(10-16)29-14-28-18/h2-5,7-8,10,12-13H,6,9,11,14H2,1H3,(H,23,24,25). The fraction of sp³-hybridized carbons (Fsp3) is 0.238. The number of nitrogens with zero attached hydrogens (tertiary/aromatic N) is 4. The number of hydrogen-bond donors (Lipinski definition) is 1. The predicted molar refractivity (Wildman–Crippen MR) is 107 cm³/mol. The van der Waals surface area contributed by atoms with Gasteiger partial charge in [-0.15, -0.1) is 0 Å². The third-order valence-corrected chi connectivity index (χ3v) is 4.62. The van der Waals surface area contributed by atoms with Gasteiger partial charge < -0.3 is 19.7 Å². The summed E-state index contributed by atoms with van der Waals surface area (Å²) in [5, 5.41) is 3.14. The normalized spacial score (nSPS) is 11.9. The van der Waals surface area contributed by atoms with Gasteiger partial charge in [-0.25, -0.2) is 9.97 Å². The molecule has 0 atom stereocenters. The predicted octanol–water partition coefficient (Wildman–Crippen LogP) is 2.53. The van der Waals surface area contributed by atoms with Crippen molar-refractivity contribution in [2.24, 2.45) is 0 Å². The third kappa shape index (κ3) is 4.60. The summed E-state index contributed by atoms with van der Waals surface area (Å²) in [6.45, 7) is 1.39. The summed E-state index contributed by atoms with van der Waals surface area (Å²) in [6.07, 6.45) is 7.35. The van der Waals surface area contributed by atoms with Crippen molar-refractivity contribution < 1.29 is 14.3 Å². The van der Waals surface area contributed by atoms with Gasteiger partial charge in [0, 0.05) is 44.9 Å². The van der Waals surface area contributed by atoms with Gasteiger partial charge in [0.25, 0.3) is 5.91 Å². The number of hydrogen-bond acceptors (Lipinski definition) is 7. The minimum Gasteiger partial charge on any atom is -0.454 e. The summed E-state index contributed by atoms with van der Waals surface area (Å²) >= 11 is 0. The van der Waals surface area contributed by atoms with E-state index in [2.05, 4.69) is 20.3 Å². The molecule has 1 aliphatic heterocycles. The van der Waals surface area contributed by atoms with Crippen LogP contribution < -0.4 is 14.8 Å². The van der Waals surface area contributed by atoms with Crippen LogP contribution in [0, 0.1) is 0 Å². The highest BCUT2D eigenvalue weighted by molar-refractivity contribution is 5.93. The Morgan fingerprint density at radius 3 is 2.62 bits per heavy atom. The van der Waals surface area contributed by atoms with E-state index >= 15 is 0 Å². The van der Waals surface area contributed by atoms with Gasteiger partial charge in [-0.1, -0.05) is 6.07 Å². The molecule has 4 rings (SSSR count). The highest BCUT2D eigenvalue weighted by Gasteiger charge is 2.14. The average Bonchev–Trinajstić information content (AvgIpc) is 3.24. The average molecular weight is 391 g/mol. The number of fused-ring (bicyclic) bond motifs is 1. The van der Waals surface area contributed by atoms with Crippen molar-refractivity contribution in [2.75, 3.05) is 25.7 Å². The highest BCUT2D eigenvalue weighted by atomic mass is 16.7. The lowest BCUT2D eigenvalue weighted by Gasteiger charge is -2.17. The zero-order valence-electron chi connectivity index (χ0n) is 16.0. The SMILES string of the molecule is CN(CCc1ccncc1)C(=O)c1cnc(NCc2ccc3c(c2)OCO3)nc1. The molecular formula is C21H21N5O3. The number of pyridine rings is 1. The first kappa shape index (κ1) is 18.7. The minimum atomic E-state index is -0.110. The highest BCUT2D eigenvalue weighted by Crippen LogP contribution is 2.32. The van der Waals surface area contributed by atoms with Crippen molar-refractivity contribution in [3.05, 3.63) is 71.8 Å². The van der Waals surface area contributed by atoms with E-state index < -0.39 is 0 Å². The van der Waals surface area contributed by atoms with Crippen LogP contribution in [0.15, 0.2) is 55.1 Å². The number of nitrogens with one attached hydrogen (secondary N) is 1. The molecule has 8 nitrogen and oxygen atoms in total. The quantitative estimate of drug-likeness (QED) is 0.662. The van der Waals surface area contributed by atoms with Crippen LogP contribution in [0.2, 0.25) is 0 Å². The number of likely N-dealkylation sites (N-methyl/N-ethyl adjacent to an activating group) is 1. The van der Waals surface area contributed by atoms with E-state index in [-0.39, 0.29) is 12.7 Å². The Bertz CT molecular complexity index is 979. The Balaban J connectivity index is 1.30. The van der Waals surface area contributed by atoms with Gasteiger partial charge in [-0.2, -0.15) is 0 Å². The number of rotatable bonds is 7. The van der Waals surface area contributed by atoms with Gasteiger partial charge in [0.15, 0.2) is 11.5 Å². The number of carbonyl (C=O) groups is 1. The van der Waals surface area contributed by atoms with Gasteiger partial charge in [0.2, 0.25) is 12.7 Å². The molecular weight excluding hydrogens is 370 g/mol. The molecule has 0 saturated heterocycles. The molecule has 148 valence electrons. The van der Waals surface area contributed by atoms with Crippen LogP contribution in [0.3, 0.4) is 0 Å². The maximum atomic E-state index is 12.6. The molecule has 1 N–H and O–H groups in total. The summed E-state index contributed by atoms with van der Waals surface area (Å²) in [5.41, 5.74) is 2.61. The molecule has 0 spiro atoms. The molecule has 1 amide bonds. The zero-order valence-corrected chi connectivity index (χ0v) is 16.0. The lowest BCUT2D eigenvalue weighted by Crippen LogP contribution is -2.29. The summed E-state index contributed by atoms with van der Waals surface area (Å²) in [7, 11) is 1.77. The number of anilines is 1. The zero-order chi connectivity index (χ0) is 20.1. The van der Waals surface area contributed by atoms with Gasteiger partial charge in [0.05, 0.1) is 5.56 Å². The Morgan fingerprint density at radius 2 is 1.83 bits per heavy atom. The van der Waals surface area contributed by atoms with Crippen LogP contribution in [0.1, 0.15) is 21.5 Å². The largest absolute Gasteiger partial charge is 0.454 e. The summed E-state index contributed by atoms with van der Waals surface area (Å²) in [4.78, 5) is 26.7. The van der Waals surface area contributed by atoms with E-state index in [0.717, 1.165) is 29.0 Å². The Kier molecular flexibility index (Phi) is 5.51. The van der Waals surface area contributed by atoms with Crippen molar-refractivity contribution in [3.63, 3.8) is 0 Å². The number of amides is 1. The lowest BCUT2D eigenvalue weighted by molar-refractivity contribution is 0.0796. The molecule has 0 fully saturated rings. The summed E-state index contributed by atoms with van der Waals surface area (Å²) < 4.78 is 10.7. The van der Waals surface area contributed by atoms with Crippen LogP contribution in [0.25, 0.3) is 0 Å². The summed E-state index contributed by atoms with van der Waals surface area (Å²) in [6, 6.07) is 9.65. The van der Waals surface area contributed by atoms with Gasteiger partial charge in [-0.3, -0.25) is 9.78 Å². The van der Waals surface area contributed by atoms with E-state index in [1.807, 2.05) is 30.3 Å². The fourth-order valence-electron chi connectivity index (χ4n) is 2.93.